The van der Waals surface area contributed by atoms with E-state index in [-0.39, 0.29) is 18.2 Å². The van der Waals surface area contributed by atoms with Crippen LogP contribution in [0.4, 0.5) is 0 Å². The van der Waals surface area contributed by atoms with Crippen molar-refractivity contribution in [1.29, 1.82) is 0 Å². The second-order valence-corrected chi connectivity index (χ2v) is 3.34. The van der Waals surface area contributed by atoms with E-state index < -0.39 is 6.10 Å². The van der Waals surface area contributed by atoms with Gasteiger partial charge in [-0.2, -0.15) is 0 Å². The molecule has 15 heavy (non-hydrogen) atoms. The van der Waals surface area contributed by atoms with Gasteiger partial charge in [0.05, 0.1) is 12.0 Å². The maximum Gasteiger partial charge on any atom is 0.338 e. The fourth-order valence-electron chi connectivity index (χ4n) is 1.41. The summed E-state index contributed by atoms with van der Waals surface area (Å²) in [7, 11) is 0. The summed E-state index contributed by atoms with van der Waals surface area (Å²) < 4.78 is 5.12. The molecule has 0 radical (unpaired) electrons. The molecular weight excluding hydrogens is 192 g/mol. The van der Waals surface area contributed by atoms with Crippen LogP contribution in [0.5, 0.6) is 0 Å². The third kappa shape index (κ3) is 2.31. The number of carbonyl (C=O) groups is 2. The molecule has 0 heterocycles. The summed E-state index contributed by atoms with van der Waals surface area (Å²) in [6.45, 7) is 0. The zero-order chi connectivity index (χ0) is 10.7. The number of benzene rings is 1. The lowest BCUT2D eigenvalue weighted by atomic mass is 10.2. The average molecular weight is 202 g/mol. The van der Waals surface area contributed by atoms with E-state index in [9.17, 15) is 9.59 Å². The van der Waals surface area contributed by atoms with Gasteiger partial charge >= 0.3 is 5.97 Å². The smallest absolute Gasteiger partial charge is 0.338 e. The van der Waals surface area contributed by atoms with Crippen molar-refractivity contribution in [3.8, 4) is 0 Å². The monoisotopic (exact) mass is 202 g/mol. The fraction of sp³-hybridized carbons (Fsp3) is 0.167. The Balaban J connectivity index is 1.99. The predicted octanol–water partition coefficient (Wildman–Crippen LogP) is 1.74. The molecule has 0 spiro atoms. The Kier molecular flexibility index (Phi) is 2.63. The van der Waals surface area contributed by atoms with Gasteiger partial charge in [-0.15, -0.1) is 0 Å². The zero-order valence-electron chi connectivity index (χ0n) is 8.05. The summed E-state index contributed by atoms with van der Waals surface area (Å²) in [5.41, 5.74) is 0.505. The van der Waals surface area contributed by atoms with Crippen LogP contribution in [-0.4, -0.2) is 17.9 Å². The van der Waals surface area contributed by atoms with Gasteiger partial charge in [-0.25, -0.2) is 4.79 Å². The van der Waals surface area contributed by atoms with Crippen molar-refractivity contribution in [2.24, 2.45) is 0 Å². The predicted molar refractivity (Wildman–Crippen MR) is 54.4 cm³/mol. The largest absolute Gasteiger partial charge is 0.454 e. The molecule has 1 aromatic carbocycles. The molecule has 76 valence electrons. The van der Waals surface area contributed by atoms with Gasteiger partial charge in [0.1, 0.15) is 6.10 Å². The highest BCUT2D eigenvalue weighted by Crippen LogP contribution is 2.12. The Morgan fingerprint density at radius 3 is 2.60 bits per heavy atom. The van der Waals surface area contributed by atoms with Crippen molar-refractivity contribution in [3.63, 3.8) is 0 Å². The van der Waals surface area contributed by atoms with Crippen molar-refractivity contribution in [2.75, 3.05) is 0 Å². The minimum atomic E-state index is -0.398. The number of ketones is 1. The molecule has 1 aliphatic rings. The van der Waals surface area contributed by atoms with Crippen LogP contribution in [0.25, 0.3) is 0 Å². The summed E-state index contributed by atoms with van der Waals surface area (Å²) in [4.78, 5) is 22.4. The quantitative estimate of drug-likeness (QED) is 0.686. The first-order chi connectivity index (χ1) is 7.25. The molecule has 0 aliphatic heterocycles. The molecule has 1 aromatic rings. The van der Waals surface area contributed by atoms with Gasteiger partial charge in [0, 0.05) is 0 Å². The van der Waals surface area contributed by atoms with Gasteiger partial charge in [0.2, 0.25) is 0 Å². The topological polar surface area (TPSA) is 43.4 Å². The molecule has 0 fully saturated rings. The molecule has 0 bridgehead atoms. The van der Waals surface area contributed by atoms with Crippen LogP contribution in [0.2, 0.25) is 0 Å². The number of hydrogen-bond donors (Lipinski definition) is 0. The lowest BCUT2D eigenvalue weighted by Crippen LogP contribution is -2.15. The molecule has 0 saturated carbocycles. The number of ether oxygens (including phenoxy) is 1. The SMILES string of the molecule is O=C1C=CC(OC(=O)c2ccccc2)C1. The Morgan fingerprint density at radius 2 is 2.00 bits per heavy atom. The minimum Gasteiger partial charge on any atom is -0.454 e. The standard InChI is InChI=1S/C12H10O3/c13-10-6-7-11(8-10)15-12(14)9-4-2-1-3-5-9/h1-7,11H,8H2. The van der Waals surface area contributed by atoms with Crippen LogP contribution < -0.4 is 0 Å². The normalized spacial score (nSPS) is 19.2. The van der Waals surface area contributed by atoms with E-state index in [1.54, 1.807) is 30.3 Å². The summed E-state index contributed by atoms with van der Waals surface area (Å²) >= 11 is 0. The molecule has 3 heteroatoms. The van der Waals surface area contributed by atoms with E-state index in [1.807, 2.05) is 6.07 Å². The lowest BCUT2D eigenvalue weighted by Gasteiger charge is -2.08. The molecule has 3 nitrogen and oxygen atoms in total. The summed E-state index contributed by atoms with van der Waals surface area (Å²) in [5, 5.41) is 0. The number of rotatable bonds is 2. The van der Waals surface area contributed by atoms with Crippen LogP contribution in [-0.2, 0) is 9.53 Å². The number of hydrogen-bond acceptors (Lipinski definition) is 3. The molecule has 1 unspecified atom stereocenters. The van der Waals surface area contributed by atoms with Crippen molar-refractivity contribution in [1.82, 2.24) is 0 Å². The Bertz CT molecular complexity index is 406. The van der Waals surface area contributed by atoms with Gasteiger partial charge in [0.25, 0.3) is 0 Å². The molecule has 1 atom stereocenters. The highest BCUT2D eigenvalue weighted by Gasteiger charge is 2.20. The Hall–Kier alpha value is -1.90. The van der Waals surface area contributed by atoms with E-state index in [2.05, 4.69) is 0 Å². The van der Waals surface area contributed by atoms with E-state index >= 15 is 0 Å². The van der Waals surface area contributed by atoms with Crippen LogP contribution in [0.1, 0.15) is 16.8 Å². The first-order valence-corrected chi connectivity index (χ1v) is 4.73. The van der Waals surface area contributed by atoms with E-state index in [4.69, 9.17) is 4.74 Å². The molecule has 0 aromatic heterocycles. The zero-order valence-corrected chi connectivity index (χ0v) is 8.05. The minimum absolute atomic E-state index is 0.000798. The van der Waals surface area contributed by atoms with Crippen molar-refractivity contribution in [2.45, 2.75) is 12.5 Å². The van der Waals surface area contributed by atoms with Gasteiger partial charge < -0.3 is 4.74 Å². The first kappa shape index (κ1) is 9.65. The van der Waals surface area contributed by atoms with E-state index in [0.29, 0.717) is 5.56 Å². The second-order valence-electron chi connectivity index (χ2n) is 3.34. The van der Waals surface area contributed by atoms with Crippen molar-refractivity contribution >= 4 is 11.8 Å². The Labute approximate surface area is 87.4 Å². The maximum absolute atomic E-state index is 11.5. The van der Waals surface area contributed by atoms with Gasteiger partial charge in [-0.1, -0.05) is 18.2 Å². The Morgan fingerprint density at radius 1 is 1.27 bits per heavy atom. The van der Waals surface area contributed by atoms with Crippen molar-refractivity contribution < 1.29 is 14.3 Å². The number of carbonyl (C=O) groups excluding carboxylic acids is 2. The van der Waals surface area contributed by atoms with Gasteiger partial charge in [-0.3, -0.25) is 4.79 Å². The number of allylic oxidation sites excluding steroid dienone is 1. The molecule has 1 aliphatic carbocycles. The summed E-state index contributed by atoms with van der Waals surface area (Å²) in [5.74, 6) is -0.388. The van der Waals surface area contributed by atoms with E-state index in [1.165, 1.54) is 6.08 Å². The van der Waals surface area contributed by atoms with Crippen LogP contribution >= 0.6 is 0 Å². The van der Waals surface area contributed by atoms with Crippen LogP contribution in [0, 0.1) is 0 Å². The molecule has 0 saturated heterocycles. The average Bonchev–Trinajstić information content (AvgIpc) is 2.65. The highest BCUT2D eigenvalue weighted by atomic mass is 16.5. The second kappa shape index (κ2) is 4.09. The summed E-state index contributed by atoms with van der Waals surface area (Å²) in [6.07, 6.45) is 2.93. The van der Waals surface area contributed by atoms with Crippen LogP contribution in [0.3, 0.4) is 0 Å². The third-order valence-corrected chi connectivity index (χ3v) is 2.17. The first-order valence-electron chi connectivity index (χ1n) is 4.73. The molecule has 2 rings (SSSR count). The molecule has 0 N–H and O–H groups in total. The third-order valence-electron chi connectivity index (χ3n) is 2.17. The maximum atomic E-state index is 11.5. The van der Waals surface area contributed by atoms with E-state index in [0.717, 1.165) is 0 Å². The molecule has 0 amide bonds. The summed E-state index contributed by atoms with van der Waals surface area (Å²) in [6, 6.07) is 8.74. The number of esters is 1. The van der Waals surface area contributed by atoms with Gasteiger partial charge in [0.15, 0.2) is 5.78 Å². The highest BCUT2D eigenvalue weighted by molar-refractivity contribution is 5.94. The molecular formula is C12H10O3. The van der Waals surface area contributed by atoms with Gasteiger partial charge in [-0.05, 0) is 24.3 Å². The fourth-order valence-corrected chi connectivity index (χ4v) is 1.41. The van der Waals surface area contributed by atoms with Crippen molar-refractivity contribution in [3.05, 3.63) is 48.0 Å². The van der Waals surface area contributed by atoms with Crippen LogP contribution in [0.15, 0.2) is 42.5 Å². The lowest BCUT2D eigenvalue weighted by molar-refractivity contribution is -0.115.